The summed E-state index contributed by atoms with van der Waals surface area (Å²) >= 11 is 0. The van der Waals surface area contributed by atoms with E-state index in [1.807, 2.05) is 31.3 Å². The first-order valence-corrected chi connectivity index (χ1v) is 6.28. The number of hydrogen-bond acceptors (Lipinski definition) is 2. The Morgan fingerprint density at radius 2 is 1.68 bits per heavy atom. The average Bonchev–Trinajstić information content (AvgIpc) is 2.47. The zero-order chi connectivity index (χ0) is 13.2. The second-order valence-corrected chi connectivity index (χ2v) is 4.53. The summed E-state index contributed by atoms with van der Waals surface area (Å²) in [6, 6.07) is 16.5. The van der Waals surface area contributed by atoms with Crippen LogP contribution in [-0.2, 0) is 0 Å². The Morgan fingerprint density at radius 3 is 2.42 bits per heavy atom. The van der Waals surface area contributed by atoms with Crippen molar-refractivity contribution < 1.29 is 4.74 Å². The van der Waals surface area contributed by atoms with E-state index in [-0.39, 0.29) is 0 Å². The summed E-state index contributed by atoms with van der Waals surface area (Å²) in [7, 11) is 1.68. The van der Waals surface area contributed by atoms with Gasteiger partial charge < -0.3 is 4.74 Å². The van der Waals surface area contributed by atoms with E-state index in [2.05, 4.69) is 35.3 Å². The standard InChI is InChI=1S/C17H15NO/c1-12-17(13-7-9-15(19-2)10-8-13)16-6-4-3-5-14(16)11-18-12/h3-11H,1-2H3. The molecule has 19 heavy (non-hydrogen) atoms. The maximum atomic E-state index is 5.21. The molecule has 0 radical (unpaired) electrons. The van der Waals surface area contributed by atoms with Crippen LogP contribution in [0, 0.1) is 6.92 Å². The number of ether oxygens (including phenoxy) is 1. The van der Waals surface area contributed by atoms with Gasteiger partial charge in [-0.1, -0.05) is 36.4 Å². The molecule has 2 aromatic carbocycles. The molecule has 0 bridgehead atoms. The van der Waals surface area contributed by atoms with Crippen LogP contribution in [0.1, 0.15) is 5.69 Å². The highest BCUT2D eigenvalue weighted by atomic mass is 16.5. The predicted octanol–water partition coefficient (Wildman–Crippen LogP) is 4.22. The summed E-state index contributed by atoms with van der Waals surface area (Å²) in [5.74, 6) is 0.870. The van der Waals surface area contributed by atoms with Crippen molar-refractivity contribution in [3.8, 4) is 16.9 Å². The summed E-state index contributed by atoms with van der Waals surface area (Å²) in [4.78, 5) is 4.49. The molecule has 0 N–H and O–H groups in total. The second kappa shape index (κ2) is 4.73. The molecule has 0 spiro atoms. The summed E-state index contributed by atoms with van der Waals surface area (Å²) in [5.41, 5.74) is 3.41. The first-order chi connectivity index (χ1) is 9.29. The lowest BCUT2D eigenvalue weighted by molar-refractivity contribution is 0.415. The third kappa shape index (κ3) is 2.06. The molecule has 0 unspecified atom stereocenters. The van der Waals surface area contributed by atoms with Gasteiger partial charge in [-0.05, 0) is 30.0 Å². The monoisotopic (exact) mass is 249 g/mol. The van der Waals surface area contributed by atoms with Crippen molar-refractivity contribution in [2.24, 2.45) is 0 Å². The normalized spacial score (nSPS) is 10.6. The highest BCUT2D eigenvalue weighted by molar-refractivity contribution is 5.97. The average molecular weight is 249 g/mol. The molecule has 0 saturated heterocycles. The SMILES string of the molecule is COc1ccc(-c2c(C)ncc3ccccc23)cc1. The van der Waals surface area contributed by atoms with Gasteiger partial charge in [-0.15, -0.1) is 0 Å². The van der Waals surface area contributed by atoms with Crippen LogP contribution >= 0.6 is 0 Å². The highest BCUT2D eigenvalue weighted by Gasteiger charge is 2.08. The number of nitrogens with zero attached hydrogens (tertiary/aromatic N) is 1. The number of methoxy groups -OCH3 is 1. The third-order valence-corrected chi connectivity index (χ3v) is 3.37. The van der Waals surface area contributed by atoms with Crippen LogP contribution in [0.3, 0.4) is 0 Å². The van der Waals surface area contributed by atoms with Gasteiger partial charge >= 0.3 is 0 Å². The molecule has 0 fully saturated rings. The molecule has 3 aromatic rings. The van der Waals surface area contributed by atoms with Crippen LogP contribution in [-0.4, -0.2) is 12.1 Å². The van der Waals surface area contributed by atoms with Crippen LogP contribution in [0.2, 0.25) is 0 Å². The van der Waals surface area contributed by atoms with Gasteiger partial charge in [0, 0.05) is 22.8 Å². The molecule has 94 valence electrons. The number of pyridine rings is 1. The Labute approximate surface area is 112 Å². The van der Waals surface area contributed by atoms with Crippen molar-refractivity contribution >= 4 is 10.8 Å². The van der Waals surface area contributed by atoms with Gasteiger partial charge in [-0.25, -0.2) is 0 Å². The third-order valence-electron chi connectivity index (χ3n) is 3.37. The summed E-state index contributed by atoms with van der Waals surface area (Å²) in [5, 5.41) is 2.40. The highest BCUT2D eigenvalue weighted by Crippen LogP contribution is 2.31. The van der Waals surface area contributed by atoms with E-state index < -0.39 is 0 Å². The topological polar surface area (TPSA) is 22.1 Å². The van der Waals surface area contributed by atoms with Crippen LogP contribution in [0.4, 0.5) is 0 Å². The minimum atomic E-state index is 0.870. The number of hydrogen-bond donors (Lipinski definition) is 0. The zero-order valence-corrected chi connectivity index (χ0v) is 11.1. The van der Waals surface area contributed by atoms with Gasteiger partial charge in [0.2, 0.25) is 0 Å². The van der Waals surface area contributed by atoms with Crippen molar-refractivity contribution in [1.82, 2.24) is 4.98 Å². The van der Waals surface area contributed by atoms with Crippen molar-refractivity contribution in [3.05, 3.63) is 60.4 Å². The van der Waals surface area contributed by atoms with Crippen molar-refractivity contribution in [3.63, 3.8) is 0 Å². The van der Waals surface area contributed by atoms with E-state index in [0.29, 0.717) is 0 Å². The maximum Gasteiger partial charge on any atom is 0.118 e. The first-order valence-electron chi connectivity index (χ1n) is 6.28. The van der Waals surface area contributed by atoms with Crippen LogP contribution in [0.15, 0.2) is 54.7 Å². The maximum absolute atomic E-state index is 5.21. The molecule has 0 atom stereocenters. The van der Waals surface area contributed by atoms with Crippen LogP contribution in [0.25, 0.3) is 21.9 Å². The van der Waals surface area contributed by atoms with Gasteiger partial charge in [0.15, 0.2) is 0 Å². The summed E-state index contributed by atoms with van der Waals surface area (Å²) in [6.45, 7) is 2.05. The van der Waals surface area contributed by atoms with Gasteiger partial charge in [0.05, 0.1) is 7.11 Å². The van der Waals surface area contributed by atoms with E-state index in [0.717, 1.165) is 11.4 Å². The Bertz CT molecular complexity index is 717. The quantitative estimate of drug-likeness (QED) is 0.678. The van der Waals surface area contributed by atoms with Crippen molar-refractivity contribution in [2.45, 2.75) is 6.92 Å². The van der Waals surface area contributed by atoms with E-state index in [1.165, 1.54) is 21.9 Å². The second-order valence-electron chi connectivity index (χ2n) is 4.53. The van der Waals surface area contributed by atoms with Gasteiger partial charge in [-0.2, -0.15) is 0 Å². The number of fused-ring (bicyclic) bond motifs is 1. The fourth-order valence-corrected chi connectivity index (χ4v) is 2.39. The number of aryl methyl sites for hydroxylation is 1. The molecule has 2 nitrogen and oxygen atoms in total. The molecule has 1 heterocycles. The Morgan fingerprint density at radius 1 is 0.947 bits per heavy atom. The first kappa shape index (κ1) is 11.7. The molecule has 0 amide bonds. The van der Waals surface area contributed by atoms with Crippen LogP contribution in [0.5, 0.6) is 5.75 Å². The summed E-state index contributed by atoms with van der Waals surface area (Å²) < 4.78 is 5.21. The lowest BCUT2D eigenvalue weighted by Gasteiger charge is -2.10. The Balaban J connectivity index is 2.25. The largest absolute Gasteiger partial charge is 0.497 e. The molecule has 3 rings (SSSR count). The Hall–Kier alpha value is -2.35. The van der Waals surface area contributed by atoms with Gasteiger partial charge in [-0.3, -0.25) is 4.98 Å². The minimum absolute atomic E-state index is 0.870. The van der Waals surface area contributed by atoms with Crippen molar-refractivity contribution in [2.75, 3.05) is 7.11 Å². The summed E-state index contributed by atoms with van der Waals surface area (Å²) in [6.07, 6.45) is 1.93. The van der Waals surface area contributed by atoms with E-state index >= 15 is 0 Å². The number of rotatable bonds is 2. The molecule has 0 aliphatic rings. The molecule has 2 heteroatoms. The zero-order valence-electron chi connectivity index (χ0n) is 11.1. The molecule has 0 aliphatic heterocycles. The molecular weight excluding hydrogens is 234 g/mol. The minimum Gasteiger partial charge on any atom is -0.497 e. The molecule has 1 aromatic heterocycles. The molecule has 0 aliphatic carbocycles. The van der Waals surface area contributed by atoms with Crippen molar-refractivity contribution in [1.29, 1.82) is 0 Å². The van der Waals surface area contributed by atoms with Crippen LogP contribution < -0.4 is 4.74 Å². The smallest absolute Gasteiger partial charge is 0.118 e. The van der Waals surface area contributed by atoms with E-state index in [1.54, 1.807) is 7.11 Å². The predicted molar refractivity (Wildman–Crippen MR) is 78.5 cm³/mol. The molecular formula is C17H15NO. The Kier molecular flexibility index (Phi) is 2.92. The molecule has 0 saturated carbocycles. The lowest BCUT2D eigenvalue weighted by Crippen LogP contribution is -1.90. The fraction of sp³-hybridized carbons (Fsp3) is 0.118. The van der Waals surface area contributed by atoms with E-state index in [4.69, 9.17) is 4.74 Å². The fourth-order valence-electron chi connectivity index (χ4n) is 2.39. The number of benzene rings is 2. The van der Waals surface area contributed by atoms with Gasteiger partial charge in [0.1, 0.15) is 5.75 Å². The lowest BCUT2D eigenvalue weighted by atomic mass is 9.98. The van der Waals surface area contributed by atoms with E-state index in [9.17, 15) is 0 Å². The number of aromatic nitrogens is 1. The van der Waals surface area contributed by atoms with Gasteiger partial charge in [0.25, 0.3) is 0 Å².